The SMILES string of the molecule is CCCCCCCCCCS(=O)(=O)N/N=C\c1cccc2ccccc12. The number of benzene rings is 2. The molecule has 142 valence electrons. The van der Waals surface area contributed by atoms with Crippen molar-refractivity contribution in [2.24, 2.45) is 5.10 Å². The van der Waals surface area contributed by atoms with Crippen molar-refractivity contribution in [3.8, 4) is 0 Å². The summed E-state index contributed by atoms with van der Waals surface area (Å²) in [5.74, 6) is 0.134. The van der Waals surface area contributed by atoms with Gasteiger partial charge in [-0.25, -0.2) is 13.2 Å². The Balaban J connectivity index is 1.74. The van der Waals surface area contributed by atoms with Gasteiger partial charge in [-0.3, -0.25) is 0 Å². The maximum atomic E-state index is 12.0. The molecule has 0 aliphatic rings. The zero-order valence-corrected chi connectivity index (χ0v) is 16.5. The van der Waals surface area contributed by atoms with E-state index >= 15 is 0 Å². The van der Waals surface area contributed by atoms with Crippen molar-refractivity contribution in [3.63, 3.8) is 0 Å². The van der Waals surface area contributed by atoms with Crippen molar-refractivity contribution < 1.29 is 8.42 Å². The summed E-state index contributed by atoms with van der Waals surface area (Å²) >= 11 is 0. The summed E-state index contributed by atoms with van der Waals surface area (Å²) in [6, 6.07) is 13.9. The number of nitrogens with one attached hydrogen (secondary N) is 1. The van der Waals surface area contributed by atoms with Gasteiger partial charge in [0, 0.05) is 5.56 Å². The Morgan fingerprint density at radius 3 is 2.31 bits per heavy atom. The predicted molar refractivity (Wildman–Crippen MR) is 111 cm³/mol. The molecule has 4 nitrogen and oxygen atoms in total. The first-order chi connectivity index (χ1) is 12.6. The van der Waals surface area contributed by atoms with Crippen molar-refractivity contribution in [3.05, 3.63) is 48.0 Å². The molecule has 0 amide bonds. The van der Waals surface area contributed by atoms with Crippen LogP contribution in [0.3, 0.4) is 0 Å². The Morgan fingerprint density at radius 1 is 0.885 bits per heavy atom. The minimum Gasteiger partial charge on any atom is -0.205 e. The van der Waals surface area contributed by atoms with Crippen molar-refractivity contribution in [2.75, 3.05) is 5.75 Å². The first-order valence-electron chi connectivity index (χ1n) is 9.63. The lowest BCUT2D eigenvalue weighted by Crippen LogP contribution is -2.21. The van der Waals surface area contributed by atoms with E-state index in [-0.39, 0.29) is 5.75 Å². The fraction of sp³-hybridized carbons (Fsp3) is 0.476. The largest absolute Gasteiger partial charge is 0.247 e. The molecule has 5 heteroatoms. The highest BCUT2D eigenvalue weighted by Crippen LogP contribution is 2.16. The quantitative estimate of drug-likeness (QED) is 0.314. The van der Waals surface area contributed by atoms with Crippen LogP contribution in [0.1, 0.15) is 63.9 Å². The van der Waals surface area contributed by atoms with E-state index in [9.17, 15) is 8.42 Å². The van der Waals surface area contributed by atoms with E-state index in [2.05, 4.69) is 16.9 Å². The Bertz CT molecular complexity index is 795. The first kappa shape index (κ1) is 20.4. The number of unbranched alkanes of at least 4 members (excludes halogenated alkanes) is 7. The maximum absolute atomic E-state index is 12.0. The van der Waals surface area contributed by atoms with Gasteiger partial charge in [0.15, 0.2) is 0 Å². The molecule has 2 rings (SSSR count). The number of hydrogen-bond donors (Lipinski definition) is 1. The van der Waals surface area contributed by atoms with Gasteiger partial charge in [0.1, 0.15) is 0 Å². The zero-order valence-electron chi connectivity index (χ0n) is 15.7. The highest BCUT2D eigenvalue weighted by atomic mass is 32.2. The van der Waals surface area contributed by atoms with Crippen LogP contribution in [0.25, 0.3) is 10.8 Å². The molecule has 2 aromatic carbocycles. The van der Waals surface area contributed by atoms with Crippen molar-refractivity contribution in [2.45, 2.75) is 58.3 Å². The van der Waals surface area contributed by atoms with Crippen LogP contribution in [-0.4, -0.2) is 20.4 Å². The Kier molecular flexibility index (Phi) is 8.62. The molecule has 0 radical (unpaired) electrons. The molecule has 0 aromatic heterocycles. The number of rotatable bonds is 12. The summed E-state index contributed by atoms with van der Waals surface area (Å²) in [6.07, 6.45) is 10.6. The van der Waals surface area contributed by atoms with Crippen LogP contribution in [0.15, 0.2) is 47.6 Å². The van der Waals surface area contributed by atoms with Gasteiger partial charge in [-0.05, 0) is 17.2 Å². The van der Waals surface area contributed by atoms with E-state index in [0.717, 1.165) is 29.2 Å². The lowest BCUT2D eigenvalue weighted by molar-refractivity contribution is 0.566. The normalized spacial score (nSPS) is 12.0. The molecule has 1 N–H and O–H groups in total. The lowest BCUT2D eigenvalue weighted by Gasteiger charge is -2.04. The van der Waals surface area contributed by atoms with Gasteiger partial charge in [0.2, 0.25) is 10.0 Å². The third kappa shape index (κ3) is 7.16. The van der Waals surface area contributed by atoms with Crippen LogP contribution in [0.2, 0.25) is 0 Å². The van der Waals surface area contributed by atoms with E-state index < -0.39 is 10.0 Å². The summed E-state index contributed by atoms with van der Waals surface area (Å²) < 4.78 is 24.1. The number of hydrogen-bond acceptors (Lipinski definition) is 3. The first-order valence-corrected chi connectivity index (χ1v) is 11.3. The summed E-state index contributed by atoms with van der Waals surface area (Å²) in [6.45, 7) is 2.21. The number of sulfonamides is 1. The average molecular weight is 375 g/mol. The van der Waals surface area contributed by atoms with Gasteiger partial charge in [0.25, 0.3) is 0 Å². The average Bonchev–Trinajstić information content (AvgIpc) is 2.64. The van der Waals surface area contributed by atoms with Crippen molar-refractivity contribution >= 4 is 27.0 Å². The van der Waals surface area contributed by atoms with Crippen LogP contribution in [0.5, 0.6) is 0 Å². The molecule has 0 saturated carbocycles. The van der Waals surface area contributed by atoms with Crippen LogP contribution in [-0.2, 0) is 10.0 Å². The van der Waals surface area contributed by atoms with E-state index in [1.807, 2.05) is 42.5 Å². The molecule has 0 saturated heterocycles. The third-order valence-corrected chi connectivity index (χ3v) is 5.70. The van der Waals surface area contributed by atoms with Gasteiger partial charge in [-0.1, -0.05) is 94.3 Å². The zero-order chi connectivity index (χ0) is 18.7. The summed E-state index contributed by atoms with van der Waals surface area (Å²) in [5, 5.41) is 6.12. The summed E-state index contributed by atoms with van der Waals surface area (Å²) in [7, 11) is -3.35. The van der Waals surface area contributed by atoms with Crippen LogP contribution in [0.4, 0.5) is 0 Å². The van der Waals surface area contributed by atoms with Gasteiger partial charge >= 0.3 is 0 Å². The Hall–Kier alpha value is -1.88. The van der Waals surface area contributed by atoms with Crippen LogP contribution < -0.4 is 4.83 Å². The second-order valence-corrected chi connectivity index (χ2v) is 8.53. The molecule has 0 bridgehead atoms. The lowest BCUT2D eigenvalue weighted by atomic mass is 10.1. The molecule has 0 unspecified atom stereocenters. The van der Waals surface area contributed by atoms with E-state index in [1.165, 1.54) is 32.1 Å². The second-order valence-electron chi connectivity index (χ2n) is 6.71. The van der Waals surface area contributed by atoms with Gasteiger partial charge < -0.3 is 0 Å². The van der Waals surface area contributed by atoms with Crippen molar-refractivity contribution in [1.29, 1.82) is 0 Å². The monoisotopic (exact) mass is 374 g/mol. The molecular formula is C21H30N2O2S. The fourth-order valence-corrected chi connectivity index (χ4v) is 3.90. The Morgan fingerprint density at radius 2 is 1.54 bits per heavy atom. The van der Waals surface area contributed by atoms with Gasteiger partial charge in [-0.2, -0.15) is 5.10 Å². The van der Waals surface area contributed by atoms with E-state index in [0.29, 0.717) is 6.42 Å². The smallest absolute Gasteiger partial charge is 0.205 e. The van der Waals surface area contributed by atoms with Crippen molar-refractivity contribution in [1.82, 2.24) is 4.83 Å². The molecule has 0 fully saturated rings. The van der Waals surface area contributed by atoms with E-state index in [1.54, 1.807) is 6.21 Å². The minimum absolute atomic E-state index is 0.134. The minimum atomic E-state index is -3.35. The van der Waals surface area contributed by atoms with Gasteiger partial charge in [-0.15, -0.1) is 0 Å². The third-order valence-electron chi connectivity index (χ3n) is 4.49. The molecular weight excluding hydrogens is 344 g/mol. The number of fused-ring (bicyclic) bond motifs is 1. The van der Waals surface area contributed by atoms with Crippen LogP contribution in [0, 0.1) is 0 Å². The molecule has 0 spiro atoms. The number of hydrazone groups is 1. The molecule has 0 aliphatic carbocycles. The molecule has 2 aromatic rings. The highest BCUT2D eigenvalue weighted by molar-refractivity contribution is 7.89. The fourth-order valence-electron chi connectivity index (χ4n) is 3.01. The summed E-state index contributed by atoms with van der Waals surface area (Å²) in [4.78, 5) is 2.33. The molecule has 0 heterocycles. The maximum Gasteiger partial charge on any atom is 0.247 e. The molecule has 0 aliphatic heterocycles. The van der Waals surface area contributed by atoms with Gasteiger partial charge in [0.05, 0.1) is 12.0 Å². The molecule has 0 atom stereocenters. The highest BCUT2D eigenvalue weighted by Gasteiger charge is 2.07. The molecule has 26 heavy (non-hydrogen) atoms. The summed E-state index contributed by atoms with van der Waals surface area (Å²) in [5.41, 5.74) is 0.901. The number of nitrogens with zero attached hydrogens (tertiary/aromatic N) is 1. The Labute approximate surface area is 157 Å². The topological polar surface area (TPSA) is 58.5 Å². The van der Waals surface area contributed by atoms with E-state index in [4.69, 9.17) is 0 Å². The second kappa shape index (κ2) is 11.0. The predicted octanol–water partition coefficient (Wildman–Crippen LogP) is 5.23. The van der Waals surface area contributed by atoms with Crippen LogP contribution >= 0.6 is 0 Å². The standard InChI is InChI=1S/C21H30N2O2S/c1-2-3-4-5-6-7-8-11-17-26(24,25)23-22-18-20-15-12-14-19-13-9-10-16-21(19)20/h9-10,12-16,18,23H,2-8,11,17H2,1H3/b22-18-.